The molecule has 4 aromatic heterocycles. The van der Waals surface area contributed by atoms with Crippen LogP contribution >= 0.6 is 11.3 Å². The second-order valence-corrected chi connectivity index (χ2v) is 10.8. The molecule has 3 saturated heterocycles. The average molecular weight is 504 g/mol. The van der Waals surface area contributed by atoms with Crippen LogP contribution in [0.15, 0.2) is 43.0 Å². The number of pyridine rings is 2. The van der Waals surface area contributed by atoms with E-state index in [1.54, 1.807) is 23.7 Å². The van der Waals surface area contributed by atoms with Crippen molar-refractivity contribution in [3.63, 3.8) is 0 Å². The largest absolute Gasteiger partial charge is 0.368 e. The van der Waals surface area contributed by atoms with Crippen LogP contribution in [0.1, 0.15) is 12.8 Å². The van der Waals surface area contributed by atoms with E-state index in [2.05, 4.69) is 42.0 Å². The van der Waals surface area contributed by atoms with Crippen molar-refractivity contribution >= 4 is 44.7 Å². The topological polar surface area (TPSA) is 86.2 Å². The Morgan fingerprint density at radius 3 is 2.78 bits per heavy atom. The summed E-state index contributed by atoms with van der Waals surface area (Å²) in [6.45, 7) is 3.22. The molecule has 3 fully saturated rings. The van der Waals surface area contributed by atoms with Crippen LogP contribution in [0.2, 0.25) is 0 Å². The van der Waals surface area contributed by atoms with Gasteiger partial charge in [0, 0.05) is 62.4 Å². The van der Waals surface area contributed by atoms with E-state index in [0.29, 0.717) is 36.7 Å². The molecular weight excluding hydrogens is 477 g/mol. The Balaban J connectivity index is 1.11. The molecule has 0 aromatic carbocycles. The third kappa shape index (κ3) is 3.92. The van der Waals surface area contributed by atoms with Crippen LogP contribution in [0.4, 0.5) is 27.5 Å². The molecule has 1 N–H and O–H groups in total. The average Bonchev–Trinajstić information content (AvgIpc) is 3.67. The summed E-state index contributed by atoms with van der Waals surface area (Å²) in [6.07, 6.45) is 8.14. The molecule has 7 heterocycles. The summed E-state index contributed by atoms with van der Waals surface area (Å²) in [5, 5.41) is 4.11. The Hall–Kier alpha value is -3.44. The van der Waals surface area contributed by atoms with Crippen molar-refractivity contribution in [3.05, 3.63) is 43.0 Å². The molecular formula is C25H26FN9S. The number of nitrogens with zero attached hydrogens (tertiary/aromatic N) is 8. The molecule has 4 aromatic rings. The lowest BCUT2D eigenvalue weighted by Crippen LogP contribution is -2.44. The smallest absolute Gasteiger partial charge is 0.152 e. The number of anilines is 4. The number of hydrogen-bond acceptors (Lipinski definition) is 10. The highest BCUT2D eigenvalue weighted by Gasteiger charge is 2.42. The van der Waals surface area contributed by atoms with Gasteiger partial charge in [-0.2, -0.15) is 0 Å². The van der Waals surface area contributed by atoms with Crippen molar-refractivity contribution in [2.45, 2.75) is 31.1 Å². The van der Waals surface area contributed by atoms with Crippen molar-refractivity contribution in [2.24, 2.45) is 0 Å². The zero-order valence-electron chi connectivity index (χ0n) is 19.9. The molecule has 9 nitrogen and oxygen atoms in total. The number of likely N-dealkylation sites (N-methyl/N-ethyl adjacent to an activating group) is 1. The number of alkyl halides is 1. The van der Waals surface area contributed by atoms with Crippen LogP contribution in [0.25, 0.3) is 20.9 Å². The lowest BCUT2D eigenvalue weighted by molar-refractivity contribution is 0.292. The van der Waals surface area contributed by atoms with Gasteiger partial charge in [-0.05, 0) is 32.0 Å². The Morgan fingerprint density at radius 2 is 1.97 bits per heavy atom. The Kier molecular flexibility index (Phi) is 5.21. The van der Waals surface area contributed by atoms with Gasteiger partial charge in [0.05, 0.1) is 22.6 Å². The molecule has 0 spiro atoms. The number of likely N-dealkylation sites (tertiary alicyclic amines) is 1. The fraction of sp³-hybridized carbons (Fsp3) is 0.400. The van der Waals surface area contributed by atoms with Gasteiger partial charge in [-0.3, -0.25) is 14.9 Å². The molecule has 0 radical (unpaired) electrons. The van der Waals surface area contributed by atoms with Gasteiger partial charge in [0.15, 0.2) is 5.82 Å². The second-order valence-electron chi connectivity index (χ2n) is 9.81. The maximum atomic E-state index is 13.7. The first-order valence-electron chi connectivity index (χ1n) is 12.3. The lowest BCUT2D eigenvalue weighted by atomic mass is 10.2. The van der Waals surface area contributed by atoms with Gasteiger partial charge in [0.2, 0.25) is 0 Å². The summed E-state index contributed by atoms with van der Waals surface area (Å²) >= 11 is 1.55. The van der Waals surface area contributed by atoms with E-state index in [0.717, 1.165) is 52.1 Å². The van der Waals surface area contributed by atoms with E-state index < -0.39 is 6.17 Å². The summed E-state index contributed by atoms with van der Waals surface area (Å²) in [7, 11) is 2.19. The number of piperazine rings is 1. The number of fused-ring (bicyclic) bond motifs is 3. The molecule has 0 saturated carbocycles. The van der Waals surface area contributed by atoms with E-state index in [-0.39, 0.29) is 0 Å². The van der Waals surface area contributed by atoms with Gasteiger partial charge in [-0.25, -0.2) is 19.3 Å². The quantitative estimate of drug-likeness (QED) is 0.438. The minimum absolute atomic E-state index is 0.433. The van der Waals surface area contributed by atoms with Crippen LogP contribution in [0.3, 0.4) is 0 Å². The van der Waals surface area contributed by atoms with Gasteiger partial charge >= 0.3 is 0 Å². The Bertz CT molecular complexity index is 1430. The van der Waals surface area contributed by atoms with Crippen LogP contribution in [0.5, 0.6) is 0 Å². The van der Waals surface area contributed by atoms with Crippen molar-refractivity contribution in [1.82, 2.24) is 29.8 Å². The predicted octanol–water partition coefficient (Wildman–Crippen LogP) is 3.73. The summed E-state index contributed by atoms with van der Waals surface area (Å²) in [4.78, 5) is 30.0. The molecule has 11 heteroatoms. The standard InChI is InChI=1S/C25H26FN9S/c1-33-13-18-6-17(33)14-35(18)24-11-27-10-23(32-24)31-22-8-19-21(9-29-22)36-25(30-19)20-7-16(2-4-28-20)34-5-3-15(26)12-34/h2,4,7-11,15,17-18H,3,5-6,12-14H2,1H3,(H,29,31,32)/t15-,17-,18-/m0/s1. The van der Waals surface area contributed by atoms with Crippen molar-refractivity contribution in [3.8, 4) is 10.7 Å². The van der Waals surface area contributed by atoms with E-state index in [9.17, 15) is 4.39 Å². The predicted molar refractivity (Wildman–Crippen MR) is 140 cm³/mol. The molecule has 0 amide bonds. The van der Waals surface area contributed by atoms with E-state index in [1.807, 2.05) is 30.6 Å². The maximum Gasteiger partial charge on any atom is 0.152 e. The number of rotatable bonds is 5. The summed E-state index contributed by atoms with van der Waals surface area (Å²) < 4.78 is 14.7. The summed E-state index contributed by atoms with van der Waals surface area (Å²) in [5.41, 5.74) is 2.61. The number of thiazole rings is 1. The van der Waals surface area contributed by atoms with Gasteiger partial charge in [0.25, 0.3) is 0 Å². The molecule has 7 rings (SSSR count). The van der Waals surface area contributed by atoms with Crippen molar-refractivity contribution in [2.75, 3.05) is 48.3 Å². The number of nitrogens with one attached hydrogen (secondary N) is 1. The first kappa shape index (κ1) is 21.8. The maximum absolute atomic E-state index is 13.7. The van der Waals surface area contributed by atoms with Crippen LogP contribution < -0.4 is 15.1 Å². The molecule has 2 bridgehead atoms. The minimum Gasteiger partial charge on any atom is -0.368 e. The van der Waals surface area contributed by atoms with Crippen LogP contribution in [0, 0.1) is 0 Å². The molecule has 0 aliphatic carbocycles. The lowest BCUT2D eigenvalue weighted by Gasteiger charge is -2.32. The molecule has 3 aliphatic heterocycles. The van der Waals surface area contributed by atoms with Gasteiger partial charge in [-0.15, -0.1) is 11.3 Å². The summed E-state index contributed by atoms with van der Waals surface area (Å²) in [6, 6.07) is 6.95. The summed E-state index contributed by atoms with van der Waals surface area (Å²) in [5.74, 6) is 2.24. The normalized spacial score (nSPS) is 23.8. The van der Waals surface area contributed by atoms with E-state index in [1.165, 1.54) is 6.42 Å². The third-order valence-electron chi connectivity index (χ3n) is 7.42. The van der Waals surface area contributed by atoms with Crippen molar-refractivity contribution in [1.29, 1.82) is 0 Å². The number of halogens is 1. The Labute approximate surface area is 212 Å². The SMILES string of the molecule is CN1C[C@@H]2C[C@H]1CN2c1cncc(Nc2cc3nc(-c4cc(N5CC[C@H](F)C5)ccn4)sc3cn2)n1. The Morgan fingerprint density at radius 1 is 1.03 bits per heavy atom. The fourth-order valence-corrected chi connectivity index (χ4v) is 6.41. The zero-order chi connectivity index (χ0) is 24.2. The van der Waals surface area contributed by atoms with Crippen molar-refractivity contribution < 1.29 is 4.39 Å². The van der Waals surface area contributed by atoms with E-state index >= 15 is 0 Å². The first-order chi connectivity index (χ1) is 17.6. The van der Waals surface area contributed by atoms with E-state index in [4.69, 9.17) is 9.97 Å². The van der Waals surface area contributed by atoms with Gasteiger partial charge < -0.3 is 15.1 Å². The minimum atomic E-state index is -0.765. The first-order valence-corrected chi connectivity index (χ1v) is 13.1. The molecule has 184 valence electrons. The number of aromatic nitrogens is 5. The molecule has 36 heavy (non-hydrogen) atoms. The third-order valence-corrected chi connectivity index (χ3v) is 8.45. The fourth-order valence-electron chi connectivity index (χ4n) is 5.53. The van der Waals surface area contributed by atoms with Crippen LogP contribution in [-0.4, -0.2) is 81.3 Å². The second kappa shape index (κ2) is 8.59. The van der Waals surface area contributed by atoms with Gasteiger partial charge in [0.1, 0.15) is 28.5 Å². The molecule has 0 unspecified atom stereocenters. The molecule has 3 atom stereocenters. The number of hydrogen-bond donors (Lipinski definition) is 1. The zero-order valence-corrected chi connectivity index (χ0v) is 20.7. The highest BCUT2D eigenvalue weighted by molar-refractivity contribution is 7.21. The van der Waals surface area contributed by atoms with Crippen LogP contribution in [-0.2, 0) is 0 Å². The monoisotopic (exact) mass is 503 g/mol. The molecule has 3 aliphatic rings. The van der Waals surface area contributed by atoms with Gasteiger partial charge in [-0.1, -0.05) is 0 Å². The highest BCUT2D eigenvalue weighted by Crippen LogP contribution is 2.34. The highest BCUT2D eigenvalue weighted by atomic mass is 32.1.